The van der Waals surface area contributed by atoms with Gasteiger partial charge in [0.25, 0.3) is 5.91 Å². The van der Waals surface area contributed by atoms with Crippen molar-refractivity contribution < 1.29 is 9.18 Å². The standard InChI is InChI=1S/C12H9FN4O/c13-7-3-1-2-6(9(7)12(14)18)10-11-8(16-17-10)4-5-15-11/h1-5,15H,(H2,14,18)(H,16,17). The van der Waals surface area contributed by atoms with Crippen molar-refractivity contribution in [2.24, 2.45) is 5.73 Å². The van der Waals surface area contributed by atoms with Crippen LogP contribution in [-0.2, 0) is 0 Å². The molecular formula is C12H9FN4O. The number of halogens is 1. The third-order valence-corrected chi connectivity index (χ3v) is 2.79. The predicted molar refractivity (Wildman–Crippen MR) is 64.4 cm³/mol. The van der Waals surface area contributed by atoms with Crippen LogP contribution < -0.4 is 5.73 Å². The minimum Gasteiger partial charge on any atom is -0.365 e. The average Bonchev–Trinajstić information content (AvgIpc) is 2.89. The molecule has 0 spiro atoms. The molecular weight excluding hydrogens is 235 g/mol. The quantitative estimate of drug-likeness (QED) is 0.641. The molecule has 3 aromatic rings. The summed E-state index contributed by atoms with van der Waals surface area (Å²) in [6.07, 6.45) is 1.73. The number of hydrogen-bond donors (Lipinski definition) is 3. The summed E-state index contributed by atoms with van der Waals surface area (Å²) in [5.41, 5.74) is 7.40. The number of fused-ring (bicyclic) bond motifs is 1. The highest BCUT2D eigenvalue weighted by Crippen LogP contribution is 2.28. The maximum absolute atomic E-state index is 13.7. The van der Waals surface area contributed by atoms with Crippen LogP contribution in [0.15, 0.2) is 30.5 Å². The third-order valence-electron chi connectivity index (χ3n) is 2.79. The van der Waals surface area contributed by atoms with Gasteiger partial charge in [0, 0.05) is 11.8 Å². The van der Waals surface area contributed by atoms with Crippen molar-refractivity contribution in [2.75, 3.05) is 0 Å². The Hall–Kier alpha value is -2.63. The van der Waals surface area contributed by atoms with Gasteiger partial charge in [-0.05, 0) is 12.1 Å². The first-order valence-corrected chi connectivity index (χ1v) is 5.28. The van der Waals surface area contributed by atoms with Crippen LogP contribution in [0, 0.1) is 5.82 Å². The van der Waals surface area contributed by atoms with Crippen LogP contribution >= 0.6 is 0 Å². The monoisotopic (exact) mass is 244 g/mol. The van der Waals surface area contributed by atoms with Gasteiger partial charge in [0.1, 0.15) is 11.5 Å². The second-order valence-corrected chi connectivity index (χ2v) is 3.87. The van der Waals surface area contributed by atoms with E-state index in [0.29, 0.717) is 16.8 Å². The molecule has 0 radical (unpaired) electrons. The number of primary amides is 1. The largest absolute Gasteiger partial charge is 0.365 e. The van der Waals surface area contributed by atoms with Gasteiger partial charge in [-0.1, -0.05) is 12.1 Å². The van der Waals surface area contributed by atoms with Crippen molar-refractivity contribution in [2.45, 2.75) is 0 Å². The van der Waals surface area contributed by atoms with E-state index >= 15 is 0 Å². The van der Waals surface area contributed by atoms with Gasteiger partial charge in [-0.2, -0.15) is 5.10 Å². The van der Waals surface area contributed by atoms with Crippen LogP contribution in [0.2, 0.25) is 0 Å². The molecule has 0 unspecified atom stereocenters. The summed E-state index contributed by atoms with van der Waals surface area (Å²) in [5.74, 6) is -1.46. The smallest absolute Gasteiger partial charge is 0.252 e. The number of nitrogens with one attached hydrogen (secondary N) is 2. The number of aromatic amines is 2. The Bertz CT molecular complexity index is 743. The summed E-state index contributed by atoms with van der Waals surface area (Å²) in [7, 11) is 0. The zero-order valence-electron chi connectivity index (χ0n) is 9.20. The molecule has 0 atom stereocenters. The first-order chi connectivity index (χ1) is 8.68. The van der Waals surface area contributed by atoms with E-state index in [0.717, 1.165) is 5.52 Å². The summed E-state index contributed by atoms with van der Waals surface area (Å²) in [4.78, 5) is 14.3. The van der Waals surface area contributed by atoms with E-state index < -0.39 is 11.7 Å². The van der Waals surface area contributed by atoms with Crippen LogP contribution in [0.1, 0.15) is 10.4 Å². The van der Waals surface area contributed by atoms with Gasteiger partial charge in [0.15, 0.2) is 0 Å². The normalized spacial score (nSPS) is 10.9. The molecule has 1 amide bonds. The molecule has 6 heteroatoms. The van der Waals surface area contributed by atoms with Gasteiger partial charge >= 0.3 is 0 Å². The predicted octanol–water partition coefficient (Wildman–Crippen LogP) is 1.80. The van der Waals surface area contributed by atoms with Gasteiger partial charge in [-0.3, -0.25) is 9.89 Å². The molecule has 0 aliphatic rings. The molecule has 0 aliphatic heterocycles. The first kappa shape index (κ1) is 10.5. The lowest BCUT2D eigenvalue weighted by Crippen LogP contribution is -2.14. The van der Waals surface area contributed by atoms with E-state index in [9.17, 15) is 9.18 Å². The molecule has 5 nitrogen and oxygen atoms in total. The van der Waals surface area contributed by atoms with Crippen molar-refractivity contribution in [1.29, 1.82) is 0 Å². The van der Waals surface area contributed by atoms with Crippen molar-refractivity contribution in [1.82, 2.24) is 15.2 Å². The van der Waals surface area contributed by atoms with Crippen molar-refractivity contribution in [3.63, 3.8) is 0 Å². The molecule has 90 valence electrons. The summed E-state index contributed by atoms with van der Waals surface area (Å²) in [6, 6.07) is 6.12. The highest BCUT2D eigenvalue weighted by atomic mass is 19.1. The second kappa shape index (κ2) is 3.69. The molecule has 0 bridgehead atoms. The molecule has 3 rings (SSSR count). The van der Waals surface area contributed by atoms with E-state index in [2.05, 4.69) is 15.2 Å². The molecule has 1 aromatic carbocycles. The Labute approximate surface area is 101 Å². The third kappa shape index (κ3) is 1.39. The van der Waals surface area contributed by atoms with Crippen LogP contribution in [0.4, 0.5) is 4.39 Å². The summed E-state index contributed by atoms with van der Waals surface area (Å²) >= 11 is 0. The van der Waals surface area contributed by atoms with Gasteiger partial charge in [-0.15, -0.1) is 0 Å². The van der Waals surface area contributed by atoms with Crippen molar-refractivity contribution in [3.8, 4) is 11.3 Å². The fraction of sp³-hybridized carbons (Fsp3) is 0. The Balaban J connectivity index is 2.33. The number of H-pyrrole nitrogens is 2. The van der Waals surface area contributed by atoms with E-state index in [-0.39, 0.29) is 5.56 Å². The van der Waals surface area contributed by atoms with Gasteiger partial charge in [0.2, 0.25) is 0 Å². The number of aromatic nitrogens is 3. The fourth-order valence-electron chi connectivity index (χ4n) is 2.00. The van der Waals surface area contributed by atoms with Gasteiger partial charge in [0.05, 0.1) is 16.6 Å². The van der Waals surface area contributed by atoms with E-state index in [1.54, 1.807) is 18.3 Å². The molecule has 0 aliphatic carbocycles. The van der Waals surface area contributed by atoms with E-state index in [4.69, 9.17) is 5.73 Å². The number of nitrogens with two attached hydrogens (primary N) is 1. The SMILES string of the molecule is NC(=O)c1c(F)cccc1-c1n[nH]c2cc[nH]c12. The summed E-state index contributed by atoms with van der Waals surface area (Å²) in [6.45, 7) is 0. The van der Waals surface area contributed by atoms with Crippen molar-refractivity contribution in [3.05, 3.63) is 41.8 Å². The highest BCUT2D eigenvalue weighted by Gasteiger charge is 2.19. The Morgan fingerprint density at radius 3 is 2.94 bits per heavy atom. The second-order valence-electron chi connectivity index (χ2n) is 3.87. The Morgan fingerprint density at radius 2 is 2.17 bits per heavy atom. The van der Waals surface area contributed by atoms with Gasteiger partial charge in [-0.25, -0.2) is 4.39 Å². The first-order valence-electron chi connectivity index (χ1n) is 5.28. The molecule has 0 fully saturated rings. The lowest BCUT2D eigenvalue weighted by molar-refractivity contribution is 0.0997. The summed E-state index contributed by atoms with van der Waals surface area (Å²) < 4.78 is 13.7. The molecule has 2 aromatic heterocycles. The number of carbonyl (C=O) groups is 1. The van der Waals surface area contributed by atoms with Gasteiger partial charge < -0.3 is 10.7 Å². The maximum Gasteiger partial charge on any atom is 0.252 e. The van der Waals surface area contributed by atoms with Crippen LogP contribution in [0.3, 0.4) is 0 Å². The zero-order valence-corrected chi connectivity index (χ0v) is 9.20. The number of benzene rings is 1. The van der Waals surface area contributed by atoms with Crippen LogP contribution in [-0.4, -0.2) is 21.1 Å². The molecule has 4 N–H and O–H groups in total. The number of amides is 1. The fourth-order valence-corrected chi connectivity index (χ4v) is 2.00. The van der Waals surface area contributed by atoms with Crippen LogP contribution in [0.25, 0.3) is 22.3 Å². The van der Waals surface area contributed by atoms with E-state index in [1.165, 1.54) is 12.1 Å². The number of rotatable bonds is 2. The molecule has 2 heterocycles. The Kier molecular flexibility index (Phi) is 2.16. The highest BCUT2D eigenvalue weighted by molar-refractivity contribution is 6.03. The average molecular weight is 244 g/mol. The maximum atomic E-state index is 13.7. The minimum absolute atomic E-state index is 0.152. The minimum atomic E-state index is -0.814. The lowest BCUT2D eigenvalue weighted by Gasteiger charge is -2.04. The Morgan fingerprint density at radius 1 is 1.33 bits per heavy atom. The zero-order chi connectivity index (χ0) is 12.7. The molecule has 0 saturated carbocycles. The van der Waals surface area contributed by atoms with E-state index in [1.807, 2.05) is 0 Å². The summed E-state index contributed by atoms with van der Waals surface area (Å²) in [5, 5.41) is 6.88. The molecule has 0 saturated heterocycles. The van der Waals surface area contributed by atoms with Crippen LogP contribution in [0.5, 0.6) is 0 Å². The van der Waals surface area contributed by atoms with Crippen molar-refractivity contribution >= 4 is 16.9 Å². The topological polar surface area (TPSA) is 87.6 Å². The molecule has 18 heavy (non-hydrogen) atoms. The lowest BCUT2D eigenvalue weighted by atomic mass is 10.0. The number of carbonyl (C=O) groups excluding carboxylic acids is 1. The number of hydrogen-bond acceptors (Lipinski definition) is 2. The number of nitrogens with zero attached hydrogens (tertiary/aromatic N) is 1.